The van der Waals surface area contributed by atoms with Gasteiger partial charge in [-0.15, -0.1) is 0 Å². The highest BCUT2D eigenvalue weighted by Gasteiger charge is 2.24. The molecular weight excluding hydrogens is 304 g/mol. The molecule has 0 unspecified atom stereocenters. The zero-order chi connectivity index (χ0) is 17.5. The molecule has 5 nitrogen and oxygen atoms in total. The average Bonchev–Trinajstić information content (AvgIpc) is 2.60. The minimum atomic E-state index is -0.00290. The molecule has 2 rings (SSSR count). The van der Waals surface area contributed by atoms with E-state index in [-0.39, 0.29) is 17.7 Å². The SMILES string of the molecule is COc1ccccc1CC(=O)N1CCC[C@H](CNC(=O)C(C)C)C1. The summed E-state index contributed by atoms with van der Waals surface area (Å²) in [5.41, 5.74) is 0.917. The number of hydrogen-bond acceptors (Lipinski definition) is 3. The molecule has 0 radical (unpaired) electrons. The van der Waals surface area contributed by atoms with Crippen LogP contribution in [0.25, 0.3) is 0 Å². The predicted octanol–water partition coefficient (Wildman–Crippen LogP) is 2.25. The van der Waals surface area contributed by atoms with Gasteiger partial charge < -0.3 is 15.0 Å². The molecule has 1 aliphatic heterocycles. The Kier molecular flexibility index (Phi) is 6.64. The summed E-state index contributed by atoms with van der Waals surface area (Å²) in [6.45, 7) is 5.93. The van der Waals surface area contributed by atoms with Gasteiger partial charge in [-0.1, -0.05) is 32.0 Å². The number of likely N-dealkylation sites (tertiary alicyclic amines) is 1. The van der Waals surface area contributed by atoms with Crippen molar-refractivity contribution in [3.8, 4) is 5.75 Å². The lowest BCUT2D eigenvalue weighted by Gasteiger charge is -2.33. The summed E-state index contributed by atoms with van der Waals surface area (Å²) in [6, 6.07) is 7.64. The molecular formula is C19H28N2O3. The average molecular weight is 332 g/mol. The molecule has 1 aromatic carbocycles. The molecule has 0 saturated carbocycles. The van der Waals surface area contributed by atoms with E-state index in [0.717, 1.165) is 30.7 Å². The van der Waals surface area contributed by atoms with E-state index in [0.29, 0.717) is 25.4 Å². The maximum atomic E-state index is 12.6. The van der Waals surface area contributed by atoms with Gasteiger partial charge in [0.15, 0.2) is 0 Å². The number of piperidine rings is 1. The van der Waals surface area contributed by atoms with Crippen molar-refractivity contribution >= 4 is 11.8 Å². The molecule has 132 valence electrons. The summed E-state index contributed by atoms with van der Waals surface area (Å²) in [4.78, 5) is 26.2. The van der Waals surface area contributed by atoms with E-state index in [2.05, 4.69) is 5.32 Å². The summed E-state index contributed by atoms with van der Waals surface area (Å²) in [5.74, 6) is 1.29. The highest BCUT2D eigenvalue weighted by molar-refractivity contribution is 5.80. The molecule has 1 heterocycles. The molecule has 5 heteroatoms. The Bertz CT molecular complexity index is 571. The molecule has 2 amide bonds. The van der Waals surface area contributed by atoms with Gasteiger partial charge in [0.25, 0.3) is 0 Å². The minimum Gasteiger partial charge on any atom is -0.496 e. The Hall–Kier alpha value is -2.04. The smallest absolute Gasteiger partial charge is 0.227 e. The maximum absolute atomic E-state index is 12.6. The highest BCUT2D eigenvalue weighted by atomic mass is 16.5. The lowest BCUT2D eigenvalue weighted by molar-refractivity contribution is -0.132. The van der Waals surface area contributed by atoms with Crippen molar-refractivity contribution in [3.05, 3.63) is 29.8 Å². The van der Waals surface area contributed by atoms with Gasteiger partial charge in [-0.05, 0) is 24.8 Å². The standard InChI is InChI=1S/C19H28N2O3/c1-14(2)19(23)20-12-15-7-6-10-21(13-15)18(22)11-16-8-4-5-9-17(16)24-3/h4-5,8-9,14-15H,6-7,10-13H2,1-3H3,(H,20,23)/t15-/m1/s1. The first-order valence-electron chi connectivity index (χ1n) is 8.68. The molecule has 1 aromatic rings. The quantitative estimate of drug-likeness (QED) is 0.869. The van der Waals surface area contributed by atoms with Crippen molar-refractivity contribution < 1.29 is 14.3 Å². The number of ether oxygens (including phenoxy) is 1. The number of nitrogens with one attached hydrogen (secondary N) is 1. The molecule has 0 aliphatic carbocycles. The van der Waals surface area contributed by atoms with Gasteiger partial charge in [-0.3, -0.25) is 9.59 Å². The number of rotatable bonds is 6. The van der Waals surface area contributed by atoms with E-state index in [4.69, 9.17) is 4.74 Å². The lowest BCUT2D eigenvalue weighted by atomic mass is 9.97. The van der Waals surface area contributed by atoms with E-state index >= 15 is 0 Å². The second-order valence-corrected chi connectivity index (χ2v) is 6.74. The van der Waals surface area contributed by atoms with Crippen LogP contribution in [0.1, 0.15) is 32.3 Å². The normalized spacial score (nSPS) is 17.7. The molecule has 0 bridgehead atoms. The number of nitrogens with zero attached hydrogens (tertiary/aromatic N) is 1. The third-order valence-corrected chi connectivity index (χ3v) is 4.50. The Balaban J connectivity index is 1.89. The monoisotopic (exact) mass is 332 g/mol. The van der Waals surface area contributed by atoms with Crippen molar-refractivity contribution in [2.24, 2.45) is 11.8 Å². The summed E-state index contributed by atoms with van der Waals surface area (Å²) in [6.07, 6.45) is 2.39. The molecule has 0 aromatic heterocycles. The molecule has 1 aliphatic rings. The van der Waals surface area contributed by atoms with Crippen LogP contribution in [0.5, 0.6) is 5.75 Å². The Morgan fingerprint density at radius 3 is 2.79 bits per heavy atom. The number of para-hydroxylation sites is 1. The number of amides is 2. The van der Waals surface area contributed by atoms with E-state index in [1.807, 2.05) is 43.0 Å². The largest absolute Gasteiger partial charge is 0.496 e. The predicted molar refractivity (Wildman–Crippen MR) is 93.8 cm³/mol. The summed E-state index contributed by atoms with van der Waals surface area (Å²) < 4.78 is 5.32. The van der Waals surface area contributed by atoms with Gasteiger partial charge in [-0.25, -0.2) is 0 Å². The van der Waals surface area contributed by atoms with E-state index in [1.54, 1.807) is 7.11 Å². The summed E-state index contributed by atoms with van der Waals surface area (Å²) >= 11 is 0. The topological polar surface area (TPSA) is 58.6 Å². The summed E-state index contributed by atoms with van der Waals surface area (Å²) in [7, 11) is 1.62. The van der Waals surface area contributed by atoms with Crippen molar-refractivity contribution in [2.45, 2.75) is 33.1 Å². The van der Waals surface area contributed by atoms with Crippen LogP contribution in [-0.4, -0.2) is 43.5 Å². The number of benzene rings is 1. The first kappa shape index (κ1) is 18.3. The Morgan fingerprint density at radius 2 is 2.08 bits per heavy atom. The fraction of sp³-hybridized carbons (Fsp3) is 0.579. The Labute approximate surface area is 144 Å². The van der Waals surface area contributed by atoms with Crippen molar-refractivity contribution in [1.29, 1.82) is 0 Å². The van der Waals surface area contributed by atoms with E-state index in [9.17, 15) is 9.59 Å². The summed E-state index contributed by atoms with van der Waals surface area (Å²) in [5, 5.41) is 2.98. The zero-order valence-corrected chi connectivity index (χ0v) is 14.9. The van der Waals surface area contributed by atoms with Gasteiger partial charge in [-0.2, -0.15) is 0 Å². The number of hydrogen-bond donors (Lipinski definition) is 1. The fourth-order valence-electron chi connectivity index (χ4n) is 3.03. The fourth-order valence-corrected chi connectivity index (χ4v) is 3.03. The van der Waals surface area contributed by atoms with E-state index < -0.39 is 0 Å². The zero-order valence-electron chi connectivity index (χ0n) is 14.9. The van der Waals surface area contributed by atoms with Crippen LogP contribution < -0.4 is 10.1 Å². The van der Waals surface area contributed by atoms with Crippen molar-refractivity contribution in [3.63, 3.8) is 0 Å². The molecule has 1 atom stereocenters. The van der Waals surface area contributed by atoms with Crippen LogP contribution in [0.3, 0.4) is 0 Å². The maximum Gasteiger partial charge on any atom is 0.227 e. The van der Waals surface area contributed by atoms with Crippen molar-refractivity contribution in [2.75, 3.05) is 26.7 Å². The van der Waals surface area contributed by atoms with Gasteiger partial charge in [0.05, 0.1) is 13.5 Å². The molecule has 1 N–H and O–H groups in total. The molecule has 24 heavy (non-hydrogen) atoms. The second kappa shape index (κ2) is 8.71. The first-order valence-corrected chi connectivity index (χ1v) is 8.68. The van der Waals surface area contributed by atoms with Crippen LogP contribution in [0, 0.1) is 11.8 Å². The molecule has 1 saturated heterocycles. The van der Waals surface area contributed by atoms with Gasteiger partial charge in [0.2, 0.25) is 11.8 Å². The van der Waals surface area contributed by atoms with Crippen LogP contribution in [0.15, 0.2) is 24.3 Å². The lowest BCUT2D eigenvalue weighted by Crippen LogP contribution is -2.44. The van der Waals surface area contributed by atoms with Gasteiger partial charge in [0.1, 0.15) is 5.75 Å². The van der Waals surface area contributed by atoms with Gasteiger partial charge in [0, 0.05) is 31.1 Å². The minimum absolute atomic E-state index is 0.00290. The molecule has 0 spiro atoms. The Morgan fingerprint density at radius 1 is 1.33 bits per heavy atom. The van der Waals surface area contributed by atoms with Gasteiger partial charge >= 0.3 is 0 Å². The second-order valence-electron chi connectivity index (χ2n) is 6.74. The van der Waals surface area contributed by atoms with Crippen LogP contribution in [-0.2, 0) is 16.0 Å². The number of carbonyl (C=O) groups is 2. The number of methoxy groups -OCH3 is 1. The van der Waals surface area contributed by atoms with Crippen LogP contribution in [0.2, 0.25) is 0 Å². The molecule has 1 fully saturated rings. The third kappa shape index (κ3) is 4.98. The van der Waals surface area contributed by atoms with Crippen LogP contribution >= 0.6 is 0 Å². The first-order chi connectivity index (χ1) is 11.5. The highest BCUT2D eigenvalue weighted by Crippen LogP contribution is 2.21. The third-order valence-electron chi connectivity index (χ3n) is 4.50. The van der Waals surface area contributed by atoms with Crippen LogP contribution in [0.4, 0.5) is 0 Å². The van der Waals surface area contributed by atoms with Crippen molar-refractivity contribution in [1.82, 2.24) is 10.2 Å². The number of carbonyl (C=O) groups excluding carboxylic acids is 2. The van der Waals surface area contributed by atoms with E-state index in [1.165, 1.54) is 0 Å².